The third-order valence-corrected chi connectivity index (χ3v) is 7.70. The number of esters is 1. The second-order valence-corrected chi connectivity index (χ2v) is 11.0. The second-order valence-electron chi connectivity index (χ2n) is 9.64. The zero-order chi connectivity index (χ0) is 24.1. The molecule has 0 saturated carbocycles. The predicted octanol–water partition coefficient (Wildman–Crippen LogP) is 4.78. The molecule has 34 heavy (non-hydrogen) atoms. The number of rotatable bonds is 8. The largest absolute Gasteiger partial charge is 0.463 e. The van der Waals surface area contributed by atoms with Crippen molar-refractivity contribution in [3.05, 3.63) is 46.8 Å². The van der Waals surface area contributed by atoms with Crippen molar-refractivity contribution < 1.29 is 18.3 Å². The van der Waals surface area contributed by atoms with Gasteiger partial charge >= 0.3 is 5.97 Å². The second kappa shape index (κ2) is 11.4. The van der Waals surface area contributed by atoms with Gasteiger partial charge in [0.15, 0.2) is 5.82 Å². The van der Waals surface area contributed by atoms with E-state index in [1.165, 1.54) is 16.7 Å². The summed E-state index contributed by atoms with van der Waals surface area (Å²) in [5, 5.41) is 4.22. The molecule has 1 aliphatic heterocycles. The topological polar surface area (TPSA) is 85.5 Å². The van der Waals surface area contributed by atoms with E-state index < -0.39 is 11.0 Å². The molecular weight excluding hydrogens is 450 g/mol. The number of nitrogens with zero attached hydrogens (tertiary/aromatic N) is 3. The Balaban J connectivity index is 1.28. The fourth-order valence-electron chi connectivity index (χ4n) is 4.78. The molecule has 184 valence electrons. The molecule has 2 heterocycles. The lowest BCUT2D eigenvalue weighted by molar-refractivity contribution is -0.146. The standard InChI is InChI=1S/C26H35N3O4S/c1-18(2)32-25(30)15-20-6-4-5-19(7-8-20)9-12-24-27-26(33-28-24)22-10-11-23-17-29(34(3)31)14-13-21(23)16-22/h6,10-11,16,18-19H,4-5,7-9,12-15,17H2,1-3H3. The highest BCUT2D eigenvalue weighted by molar-refractivity contribution is 7.81. The molecule has 0 bridgehead atoms. The van der Waals surface area contributed by atoms with E-state index >= 15 is 0 Å². The van der Waals surface area contributed by atoms with E-state index in [-0.39, 0.29) is 12.1 Å². The first kappa shape index (κ1) is 24.8. The van der Waals surface area contributed by atoms with Crippen LogP contribution in [0.3, 0.4) is 0 Å². The van der Waals surface area contributed by atoms with E-state index in [1.54, 1.807) is 6.26 Å². The first-order chi connectivity index (χ1) is 16.4. The monoisotopic (exact) mass is 485 g/mol. The Labute approximate surface area is 204 Å². The van der Waals surface area contributed by atoms with Gasteiger partial charge in [-0.05, 0) is 81.5 Å². The molecule has 7 nitrogen and oxygen atoms in total. The molecule has 2 aliphatic rings. The Bertz CT molecular complexity index is 1060. The fraction of sp³-hybridized carbons (Fsp3) is 0.577. The lowest BCUT2D eigenvalue weighted by atomic mass is 9.93. The highest BCUT2D eigenvalue weighted by Gasteiger charge is 2.21. The minimum absolute atomic E-state index is 0.0638. The molecule has 1 aliphatic carbocycles. The van der Waals surface area contributed by atoms with Crippen LogP contribution in [0.4, 0.5) is 0 Å². The smallest absolute Gasteiger partial charge is 0.310 e. The normalized spacial score (nSPS) is 19.9. The van der Waals surface area contributed by atoms with Crippen LogP contribution in [0.2, 0.25) is 0 Å². The van der Waals surface area contributed by atoms with Crippen LogP contribution in [0.5, 0.6) is 0 Å². The highest BCUT2D eigenvalue weighted by Crippen LogP contribution is 2.29. The van der Waals surface area contributed by atoms with Crippen molar-refractivity contribution in [1.82, 2.24) is 14.4 Å². The van der Waals surface area contributed by atoms with Gasteiger partial charge in [0.1, 0.15) is 0 Å². The maximum Gasteiger partial charge on any atom is 0.310 e. The maximum atomic E-state index is 12.0. The Morgan fingerprint density at radius 3 is 2.91 bits per heavy atom. The van der Waals surface area contributed by atoms with Crippen molar-refractivity contribution in [2.24, 2.45) is 5.92 Å². The van der Waals surface area contributed by atoms with Crippen molar-refractivity contribution in [3.8, 4) is 11.5 Å². The van der Waals surface area contributed by atoms with Gasteiger partial charge in [0.25, 0.3) is 5.89 Å². The van der Waals surface area contributed by atoms with E-state index in [0.29, 0.717) is 24.8 Å². The number of benzene rings is 1. The summed E-state index contributed by atoms with van der Waals surface area (Å²) in [5.74, 6) is 1.78. The fourth-order valence-corrected chi connectivity index (χ4v) is 5.45. The molecule has 0 spiro atoms. The molecule has 0 amide bonds. The Hall–Kier alpha value is -2.32. The summed E-state index contributed by atoms with van der Waals surface area (Å²) in [6, 6.07) is 6.23. The number of hydrogen-bond donors (Lipinski definition) is 0. The van der Waals surface area contributed by atoms with Crippen molar-refractivity contribution in [2.45, 2.75) is 77.9 Å². The van der Waals surface area contributed by atoms with Crippen LogP contribution < -0.4 is 0 Å². The molecule has 2 aromatic rings. The zero-order valence-corrected chi connectivity index (χ0v) is 21.2. The molecule has 1 aromatic carbocycles. The predicted molar refractivity (Wildman–Crippen MR) is 132 cm³/mol. The van der Waals surface area contributed by atoms with Gasteiger partial charge in [-0.25, -0.2) is 8.51 Å². The molecular formula is C26H35N3O4S. The zero-order valence-electron chi connectivity index (χ0n) is 20.4. The molecule has 2 atom stereocenters. The lowest BCUT2D eigenvalue weighted by Gasteiger charge is -2.26. The van der Waals surface area contributed by atoms with E-state index in [9.17, 15) is 9.00 Å². The van der Waals surface area contributed by atoms with Crippen molar-refractivity contribution >= 4 is 17.0 Å². The molecule has 0 fully saturated rings. The molecule has 1 aromatic heterocycles. The van der Waals surface area contributed by atoms with Crippen LogP contribution in [-0.4, -0.2) is 43.5 Å². The van der Waals surface area contributed by atoms with Gasteiger partial charge in [0, 0.05) is 31.3 Å². The molecule has 2 unspecified atom stereocenters. The minimum atomic E-state index is -0.942. The van der Waals surface area contributed by atoms with Gasteiger partial charge in [-0.1, -0.05) is 22.9 Å². The number of ether oxygens (including phenoxy) is 1. The van der Waals surface area contributed by atoms with E-state index in [2.05, 4.69) is 28.3 Å². The van der Waals surface area contributed by atoms with Gasteiger partial charge in [-0.2, -0.15) is 4.98 Å². The van der Waals surface area contributed by atoms with Gasteiger partial charge < -0.3 is 9.26 Å². The molecule has 4 rings (SSSR count). The van der Waals surface area contributed by atoms with Crippen LogP contribution in [-0.2, 0) is 39.9 Å². The van der Waals surface area contributed by atoms with Crippen LogP contribution in [0.1, 0.15) is 69.3 Å². The first-order valence-electron chi connectivity index (χ1n) is 12.3. The molecule has 0 N–H and O–H groups in total. The lowest BCUT2D eigenvalue weighted by Crippen LogP contribution is -2.31. The van der Waals surface area contributed by atoms with Gasteiger partial charge in [-0.3, -0.25) is 4.79 Å². The number of hydrogen-bond acceptors (Lipinski definition) is 6. The molecule has 8 heteroatoms. The molecule has 0 radical (unpaired) electrons. The summed E-state index contributed by atoms with van der Waals surface area (Å²) in [6.07, 6.45) is 11.1. The number of carbonyl (C=O) groups is 1. The minimum Gasteiger partial charge on any atom is -0.463 e. The quantitative estimate of drug-likeness (QED) is 0.395. The SMILES string of the molecule is CC(C)OC(=O)CC1=CCCC(CCc2noc(-c3ccc4c(c3)CCN(S(C)=O)C4)n2)CC1. The number of fused-ring (bicyclic) bond motifs is 1. The maximum absolute atomic E-state index is 12.0. The summed E-state index contributed by atoms with van der Waals surface area (Å²) in [6.45, 7) is 5.28. The van der Waals surface area contributed by atoms with Crippen LogP contribution in [0, 0.1) is 5.92 Å². The van der Waals surface area contributed by atoms with Gasteiger partial charge in [-0.15, -0.1) is 0 Å². The number of allylic oxidation sites excluding steroid dienone is 1. The summed E-state index contributed by atoms with van der Waals surface area (Å²) in [7, 11) is -0.942. The number of carbonyl (C=O) groups excluding carboxylic acids is 1. The van der Waals surface area contributed by atoms with Gasteiger partial charge in [0.2, 0.25) is 0 Å². The Morgan fingerprint density at radius 2 is 2.12 bits per heavy atom. The summed E-state index contributed by atoms with van der Waals surface area (Å²) < 4.78 is 24.6. The van der Waals surface area contributed by atoms with E-state index in [0.717, 1.165) is 62.9 Å². The van der Waals surface area contributed by atoms with Crippen LogP contribution >= 0.6 is 0 Å². The van der Waals surface area contributed by atoms with Crippen LogP contribution in [0.25, 0.3) is 11.5 Å². The summed E-state index contributed by atoms with van der Waals surface area (Å²) in [5.41, 5.74) is 4.62. The number of aryl methyl sites for hydroxylation is 1. The third-order valence-electron chi connectivity index (χ3n) is 6.66. The Kier molecular flexibility index (Phi) is 8.32. The third kappa shape index (κ3) is 6.63. The van der Waals surface area contributed by atoms with E-state index in [1.807, 2.05) is 24.2 Å². The summed E-state index contributed by atoms with van der Waals surface area (Å²) >= 11 is 0. The van der Waals surface area contributed by atoms with Gasteiger partial charge in [0.05, 0.1) is 23.5 Å². The molecule has 0 saturated heterocycles. The van der Waals surface area contributed by atoms with Crippen molar-refractivity contribution in [2.75, 3.05) is 12.8 Å². The van der Waals surface area contributed by atoms with E-state index in [4.69, 9.17) is 9.26 Å². The average Bonchev–Trinajstić information content (AvgIpc) is 3.17. The number of aromatic nitrogens is 2. The summed E-state index contributed by atoms with van der Waals surface area (Å²) in [4.78, 5) is 16.6. The van der Waals surface area contributed by atoms with Crippen molar-refractivity contribution in [3.63, 3.8) is 0 Å². The van der Waals surface area contributed by atoms with Crippen molar-refractivity contribution in [1.29, 1.82) is 0 Å². The Morgan fingerprint density at radius 1 is 1.26 bits per heavy atom. The first-order valence-corrected chi connectivity index (χ1v) is 13.8. The average molecular weight is 486 g/mol. The highest BCUT2D eigenvalue weighted by atomic mass is 32.2. The van der Waals surface area contributed by atoms with Crippen LogP contribution in [0.15, 0.2) is 34.4 Å².